The van der Waals surface area contributed by atoms with E-state index in [1.54, 1.807) is 17.7 Å². The van der Waals surface area contributed by atoms with Gasteiger partial charge in [-0.3, -0.25) is 0 Å². The molecule has 0 heterocycles. The van der Waals surface area contributed by atoms with Crippen LogP contribution >= 0.6 is 0 Å². The lowest BCUT2D eigenvalue weighted by Crippen LogP contribution is -2.06. The van der Waals surface area contributed by atoms with Gasteiger partial charge in [-0.2, -0.15) is 0 Å². The second-order valence-corrected chi connectivity index (χ2v) is 9.85. The lowest BCUT2D eigenvalue weighted by atomic mass is 9.85. The van der Waals surface area contributed by atoms with E-state index in [4.69, 9.17) is 0 Å². The molecule has 0 bridgehead atoms. The van der Waals surface area contributed by atoms with Crippen LogP contribution < -0.4 is 0 Å². The average Bonchev–Trinajstić information content (AvgIpc) is 2.83. The summed E-state index contributed by atoms with van der Waals surface area (Å²) >= 11 is 0. The lowest BCUT2D eigenvalue weighted by Gasteiger charge is -2.21. The quantitative estimate of drug-likeness (QED) is 0.237. The number of benzene rings is 1. The Kier molecular flexibility index (Phi) is 10.2. The predicted octanol–water partition coefficient (Wildman–Crippen LogP) is 9.74. The molecule has 2 atom stereocenters. The minimum Gasteiger partial charge on any atom is -0.203 e. The molecule has 2 heteroatoms. The van der Waals surface area contributed by atoms with E-state index in [-0.39, 0.29) is 0 Å². The van der Waals surface area contributed by atoms with Gasteiger partial charge in [0.05, 0.1) is 0 Å². The molecule has 0 aliphatic heterocycles. The largest absolute Gasteiger partial charge is 0.203 e. The lowest BCUT2D eigenvalue weighted by molar-refractivity contribution is 0.466. The van der Waals surface area contributed by atoms with Crippen LogP contribution in [0.25, 0.3) is 5.57 Å². The number of aryl methyl sites for hydroxylation is 1. The van der Waals surface area contributed by atoms with Gasteiger partial charge < -0.3 is 0 Å². The predicted molar refractivity (Wildman–Crippen MR) is 134 cm³/mol. The van der Waals surface area contributed by atoms with Gasteiger partial charge in [0, 0.05) is 5.56 Å². The highest BCUT2D eigenvalue weighted by molar-refractivity contribution is 5.67. The summed E-state index contributed by atoms with van der Waals surface area (Å²) in [7, 11) is 0. The Labute approximate surface area is 194 Å². The molecule has 176 valence electrons. The van der Waals surface area contributed by atoms with Crippen molar-refractivity contribution in [3.8, 4) is 0 Å². The third-order valence-corrected chi connectivity index (χ3v) is 7.49. The van der Waals surface area contributed by atoms with Crippen molar-refractivity contribution in [3.05, 3.63) is 64.8 Å². The van der Waals surface area contributed by atoms with Crippen molar-refractivity contribution >= 4 is 5.57 Å². The first kappa shape index (κ1) is 24.9. The second kappa shape index (κ2) is 13.1. The van der Waals surface area contributed by atoms with E-state index in [1.807, 2.05) is 0 Å². The van der Waals surface area contributed by atoms with Gasteiger partial charge in [0.25, 0.3) is 0 Å². The van der Waals surface area contributed by atoms with E-state index in [0.29, 0.717) is 29.4 Å². The summed E-state index contributed by atoms with van der Waals surface area (Å²) in [5.74, 6) is -0.0161. The Morgan fingerprint density at radius 3 is 2.47 bits per heavy atom. The van der Waals surface area contributed by atoms with Crippen LogP contribution in [0, 0.1) is 23.5 Å². The van der Waals surface area contributed by atoms with E-state index in [1.165, 1.54) is 44.9 Å². The second-order valence-electron chi connectivity index (χ2n) is 9.85. The fourth-order valence-electron chi connectivity index (χ4n) is 5.15. The van der Waals surface area contributed by atoms with Crippen molar-refractivity contribution in [2.24, 2.45) is 11.8 Å². The van der Waals surface area contributed by atoms with Crippen LogP contribution in [0.1, 0.15) is 108 Å². The molecule has 2 unspecified atom stereocenters. The summed E-state index contributed by atoms with van der Waals surface area (Å²) in [6.45, 7) is 4.46. The third kappa shape index (κ3) is 7.15. The first-order valence-corrected chi connectivity index (χ1v) is 13.1. The van der Waals surface area contributed by atoms with Crippen molar-refractivity contribution < 1.29 is 8.78 Å². The van der Waals surface area contributed by atoms with Crippen LogP contribution in [0.3, 0.4) is 0 Å². The molecule has 3 rings (SSSR count). The number of unbranched alkanes of at least 4 members (excludes halogenated alkanes) is 3. The smallest absolute Gasteiger partial charge is 0.166 e. The molecule has 32 heavy (non-hydrogen) atoms. The van der Waals surface area contributed by atoms with E-state index >= 15 is 0 Å². The fourth-order valence-corrected chi connectivity index (χ4v) is 5.15. The van der Waals surface area contributed by atoms with Crippen LogP contribution in [0.5, 0.6) is 0 Å². The van der Waals surface area contributed by atoms with Crippen molar-refractivity contribution in [1.29, 1.82) is 0 Å². The maximum absolute atomic E-state index is 14.8. The molecule has 2 aliphatic rings. The first-order chi connectivity index (χ1) is 15.6. The molecule has 0 N–H and O–H groups in total. The van der Waals surface area contributed by atoms with Crippen LogP contribution in [-0.2, 0) is 6.42 Å². The molecular weight excluding hydrogens is 398 g/mol. The Hall–Kier alpha value is -1.70. The minimum absolute atomic E-state index is 0.468. The Morgan fingerprint density at radius 1 is 0.906 bits per heavy atom. The van der Waals surface area contributed by atoms with Gasteiger partial charge in [0.1, 0.15) is 0 Å². The van der Waals surface area contributed by atoms with Crippen LogP contribution in [0.15, 0.2) is 42.0 Å². The topological polar surface area (TPSA) is 0 Å². The monoisotopic (exact) mass is 440 g/mol. The van der Waals surface area contributed by atoms with Gasteiger partial charge >= 0.3 is 0 Å². The van der Waals surface area contributed by atoms with Gasteiger partial charge in [-0.1, -0.05) is 81.5 Å². The normalized spacial score (nSPS) is 21.6. The highest BCUT2D eigenvalue weighted by Crippen LogP contribution is 2.34. The summed E-state index contributed by atoms with van der Waals surface area (Å²) in [4.78, 5) is 0. The zero-order chi connectivity index (χ0) is 22.8. The van der Waals surface area contributed by atoms with Gasteiger partial charge in [0.15, 0.2) is 11.6 Å². The van der Waals surface area contributed by atoms with Gasteiger partial charge in [-0.05, 0) is 87.2 Å². The molecular formula is C30H42F2. The summed E-state index contributed by atoms with van der Waals surface area (Å²) < 4.78 is 29.5. The molecule has 0 amide bonds. The Balaban J connectivity index is 1.46. The SMILES string of the molecule is CCCCCCC1=CCC(C=CCCc2ccc(C3=CCC(CC)CC3)c(F)c2F)CC1. The van der Waals surface area contributed by atoms with Crippen molar-refractivity contribution in [2.75, 3.05) is 0 Å². The Morgan fingerprint density at radius 2 is 1.78 bits per heavy atom. The molecule has 0 nitrogen and oxygen atoms in total. The summed E-state index contributed by atoms with van der Waals surface area (Å²) in [5.41, 5.74) is 3.59. The number of allylic oxidation sites excluding steroid dienone is 6. The maximum Gasteiger partial charge on any atom is 0.166 e. The molecule has 0 saturated carbocycles. The van der Waals surface area contributed by atoms with Crippen molar-refractivity contribution in [1.82, 2.24) is 0 Å². The van der Waals surface area contributed by atoms with E-state index in [9.17, 15) is 8.78 Å². The van der Waals surface area contributed by atoms with Gasteiger partial charge in [-0.15, -0.1) is 0 Å². The minimum atomic E-state index is -0.656. The summed E-state index contributed by atoms with van der Waals surface area (Å²) in [5, 5.41) is 0. The van der Waals surface area contributed by atoms with E-state index < -0.39 is 11.6 Å². The highest BCUT2D eigenvalue weighted by atomic mass is 19.2. The average molecular weight is 441 g/mol. The zero-order valence-electron chi connectivity index (χ0n) is 20.3. The van der Waals surface area contributed by atoms with Crippen LogP contribution in [-0.4, -0.2) is 0 Å². The molecule has 0 radical (unpaired) electrons. The molecule has 0 fully saturated rings. The first-order valence-electron chi connectivity index (χ1n) is 13.1. The van der Waals surface area contributed by atoms with Crippen molar-refractivity contribution in [3.63, 3.8) is 0 Å². The number of halogens is 2. The fraction of sp³-hybridized carbons (Fsp3) is 0.600. The molecule has 0 spiro atoms. The van der Waals surface area contributed by atoms with Gasteiger partial charge in [0.2, 0.25) is 0 Å². The summed E-state index contributed by atoms with van der Waals surface area (Å²) in [6.07, 6.45) is 24.6. The van der Waals surface area contributed by atoms with E-state index in [2.05, 4.69) is 38.2 Å². The maximum atomic E-state index is 14.8. The molecule has 1 aromatic rings. The Bertz CT molecular complexity index is 814. The summed E-state index contributed by atoms with van der Waals surface area (Å²) in [6, 6.07) is 3.59. The van der Waals surface area contributed by atoms with Crippen molar-refractivity contribution in [2.45, 2.75) is 104 Å². The number of hydrogen-bond acceptors (Lipinski definition) is 0. The molecule has 0 aromatic heterocycles. The zero-order valence-corrected chi connectivity index (χ0v) is 20.3. The van der Waals surface area contributed by atoms with Gasteiger partial charge in [-0.25, -0.2) is 8.78 Å². The standard InChI is InChI=1S/C30H42F2/c1-3-5-6-7-10-24-13-15-25(16-14-24)11-8-9-12-27-21-22-28(30(32)29(27)31)26-19-17-23(4-2)18-20-26/h8,11,13,19,21-23,25H,3-7,9-10,12,14-18,20H2,1-2H3. The van der Waals surface area contributed by atoms with Crippen LogP contribution in [0.4, 0.5) is 8.78 Å². The highest BCUT2D eigenvalue weighted by Gasteiger charge is 2.19. The molecule has 1 aromatic carbocycles. The molecule has 2 aliphatic carbocycles. The van der Waals surface area contributed by atoms with E-state index in [0.717, 1.165) is 44.1 Å². The molecule has 0 saturated heterocycles. The number of rotatable bonds is 11. The number of hydrogen-bond donors (Lipinski definition) is 0. The third-order valence-electron chi connectivity index (χ3n) is 7.49. The van der Waals surface area contributed by atoms with Crippen LogP contribution in [0.2, 0.25) is 0 Å².